The summed E-state index contributed by atoms with van der Waals surface area (Å²) in [4.78, 5) is 25.2. The van der Waals surface area contributed by atoms with Crippen LogP contribution < -0.4 is 5.32 Å². The predicted octanol–water partition coefficient (Wildman–Crippen LogP) is 1.89. The number of hydrogen-bond donors (Lipinski definition) is 1. The van der Waals surface area contributed by atoms with E-state index in [9.17, 15) is 9.59 Å². The van der Waals surface area contributed by atoms with Gasteiger partial charge >= 0.3 is 0 Å². The molecule has 0 aliphatic carbocycles. The molecular weight excluding hydrogens is 343 g/mol. The van der Waals surface area contributed by atoms with Crippen LogP contribution in [-0.2, 0) is 4.79 Å². The first-order chi connectivity index (χ1) is 8.58. The van der Waals surface area contributed by atoms with Gasteiger partial charge in [-0.1, -0.05) is 13.0 Å². The summed E-state index contributed by atoms with van der Waals surface area (Å²) in [5.41, 5.74) is 0.624. The number of nitrogens with zero attached hydrogens (tertiary/aromatic N) is 1. The maximum atomic E-state index is 12.3. The lowest BCUT2D eigenvalue weighted by Gasteiger charge is -2.21. The van der Waals surface area contributed by atoms with Crippen LogP contribution in [0.4, 0.5) is 0 Å². The van der Waals surface area contributed by atoms with Crippen molar-refractivity contribution in [1.82, 2.24) is 10.2 Å². The number of carbonyl (C=O) groups is 2. The molecule has 2 amide bonds. The van der Waals surface area contributed by atoms with E-state index in [2.05, 4.69) is 27.9 Å². The van der Waals surface area contributed by atoms with Crippen LogP contribution in [0.2, 0.25) is 0 Å². The highest BCUT2D eigenvalue weighted by Gasteiger charge is 2.17. The average molecular weight is 360 g/mol. The van der Waals surface area contributed by atoms with Crippen LogP contribution in [0.15, 0.2) is 24.3 Å². The van der Waals surface area contributed by atoms with Gasteiger partial charge in [-0.2, -0.15) is 0 Å². The van der Waals surface area contributed by atoms with E-state index in [1.54, 1.807) is 18.0 Å². The number of amides is 2. The molecule has 1 aromatic rings. The monoisotopic (exact) mass is 360 g/mol. The summed E-state index contributed by atoms with van der Waals surface area (Å²) in [6, 6.07) is 7.38. The Labute approximate surface area is 121 Å². The van der Waals surface area contributed by atoms with Gasteiger partial charge in [0.05, 0.1) is 6.54 Å². The molecule has 0 aliphatic rings. The Morgan fingerprint density at radius 1 is 1.39 bits per heavy atom. The van der Waals surface area contributed by atoms with Gasteiger partial charge in [0.2, 0.25) is 5.91 Å². The Bertz CT molecular complexity index is 435. The molecule has 0 unspecified atom stereocenters. The van der Waals surface area contributed by atoms with Gasteiger partial charge < -0.3 is 10.2 Å². The Morgan fingerprint density at radius 3 is 2.67 bits per heavy atom. The largest absolute Gasteiger partial charge is 0.358 e. The molecule has 0 atom stereocenters. The number of hydrogen-bond acceptors (Lipinski definition) is 2. The van der Waals surface area contributed by atoms with E-state index in [0.29, 0.717) is 12.1 Å². The lowest BCUT2D eigenvalue weighted by molar-refractivity contribution is -0.121. The second-order valence-corrected chi connectivity index (χ2v) is 5.16. The zero-order valence-electron chi connectivity index (χ0n) is 10.6. The van der Waals surface area contributed by atoms with Crippen molar-refractivity contribution < 1.29 is 9.59 Å². The minimum atomic E-state index is -0.151. The first-order valence-corrected chi connectivity index (χ1v) is 6.91. The predicted molar refractivity (Wildman–Crippen MR) is 79.4 cm³/mol. The van der Waals surface area contributed by atoms with Crippen LogP contribution in [-0.4, -0.2) is 36.9 Å². The summed E-state index contributed by atoms with van der Waals surface area (Å²) >= 11 is 2.17. The Hall–Kier alpha value is -1.11. The molecule has 1 aromatic carbocycles. The van der Waals surface area contributed by atoms with E-state index >= 15 is 0 Å². The number of benzene rings is 1. The third kappa shape index (κ3) is 4.29. The SMILES string of the molecule is CCCN(CC(=O)NC)C(=O)c1cccc(I)c1. The standard InChI is InChI=1S/C13H17IN2O2/c1-3-7-16(9-12(17)15-2)13(18)10-5-4-6-11(14)8-10/h4-6,8H,3,7,9H2,1-2H3,(H,15,17). The zero-order valence-corrected chi connectivity index (χ0v) is 12.7. The third-order valence-corrected chi connectivity index (χ3v) is 3.14. The van der Waals surface area contributed by atoms with E-state index in [-0.39, 0.29) is 18.4 Å². The molecule has 0 aromatic heterocycles. The molecule has 1 rings (SSSR count). The maximum absolute atomic E-state index is 12.3. The van der Waals surface area contributed by atoms with Crippen LogP contribution >= 0.6 is 22.6 Å². The summed E-state index contributed by atoms with van der Waals surface area (Å²) in [6.07, 6.45) is 0.826. The molecule has 0 saturated carbocycles. The first kappa shape index (κ1) is 14.9. The van der Waals surface area contributed by atoms with Gasteiger partial charge in [-0.3, -0.25) is 9.59 Å². The number of halogens is 1. The third-order valence-electron chi connectivity index (χ3n) is 2.47. The van der Waals surface area contributed by atoms with E-state index in [0.717, 1.165) is 9.99 Å². The van der Waals surface area contributed by atoms with Gasteiger partial charge in [0, 0.05) is 22.7 Å². The molecule has 0 spiro atoms. The molecule has 0 radical (unpaired) electrons. The molecule has 0 bridgehead atoms. The van der Waals surface area contributed by atoms with Gasteiger partial charge in [0.1, 0.15) is 0 Å². The van der Waals surface area contributed by atoms with Crippen LogP contribution in [0.5, 0.6) is 0 Å². The fourth-order valence-electron chi connectivity index (χ4n) is 1.58. The van der Waals surface area contributed by atoms with Crippen molar-refractivity contribution in [3.63, 3.8) is 0 Å². The van der Waals surface area contributed by atoms with Crippen molar-refractivity contribution in [3.8, 4) is 0 Å². The van der Waals surface area contributed by atoms with E-state index < -0.39 is 0 Å². The van der Waals surface area contributed by atoms with Crippen molar-refractivity contribution in [2.24, 2.45) is 0 Å². The molecule has 0 fully saturated rings. The minimum Gasteiger partial charge on any atom is -0.358 e. The molecule has 1 N–H and O–H groups in total. The zero-order chi connectivity index (χ0) is 13.5. The second kappa shape index (κ2) is 7.35. The lowest BCUT2D eigenvalue weighted by atomic mass is 10.2. The Kier molecular flexibility index (Phi) is 6.11. The van der Waals surface area contributed by atoms with Gasteiger partial charge in [0.15, 0.2) is 0 Å². The highest BCUT2D eigenvalue weighted by molar-refractivity contribution is 14.1. The number of rotatable bonds is 5. The fourth-order valence-corrected chi connectivity index (χ4v) is 2.12. The van der Waals surface area contributed by atoms with Crippen LogP contribution in [0.25, 0.3) is 0 Å². The molecule has 98 valence electrons. The lowest BCUT2D eigenvalue weighted by Crippen LogP contribution is -2.40. The number of carbonyl (C=O) groups excluding carboxylic acids is 2. The van der Waals surface area contributed by atoms with Crippen LogP contribution in [0.3, 0.4) is 0 Å². The Balaban J connectivity index is 2.85. The molecule has 0 aliphatic heterocycles. The van der Waals surface area contributed by atoms with Crippen molar-refractivity contribution in [1.29, 1.82) is 0 Å². The van der Waals surface area contributed by atoms with Crippen molar-refractivity contribution >= 4 is 34.4 Å². The summed E-state index contributed by atoms with van der Waals surface area (Å²) in [6.45, 7) is 2.67. The van der Waals surface area contributed by atoms with E-state index in [4.69, 9.17) is 0 Å². The summed E-state index contributed by atoms with van der Waals surface area (Å²) in [7, 11) is 1.57. The van der Waals surface area contributed by atoms with Crippen molar-refractivity contribution in [2.75, 3.05) is 20.1 Å². The van der Waals surface area contributed by atoms with Gasteiger partial charge in [-0.15, -0.1) is 0 Å². The average Bonchev–Trinajstić information content (AvgIpc) is 2.37. The summed E-state index contributed by atoms with van der Waals surface area (Å²) < 4.78 is 1.01. The quantitative estimate of drug-likeness (QED) is 0.816. The van der Waals surface area contributed by atoms with Crippen LogP contribution in [0, 0.1) is 3.57 Å². The first-order valence-electron chi connectivity index (χ1n) is 5.84. The summed E-state index contributed by atoms with van der Waals surface area (Å²) in [5, 5.41) is 2.54. The topological polar surface area (TPSA) is 49.4 Å². The van der Waals surface area contributed by atoms with E-state index in [1.165, 1.54) is 0 Å². The molecule has 0 heterocycles. The summed E-state index contributed by atoms with van der Waals surface area (Å²) in [5.74, 6) is -0.249. The molecule has 5 heteroatoms. The van der Waals surface area contributed by atoms with Crippen molar-refractivity contribution in [3.05, 3.63) is 33.4 Å². The highest BCUT2D eigenvalue weighted by Crippen LogP contribution is 2.10. The van der Waals surface area contributed by atoms with Crippen LogP contribution in [0.1, 0.15) is 23.7 Å². The Morgan fingerprint density at radius 2 is 2.11 bits per heavy atom. The normalized spacial score (nSPS) is 9.94. The smallest absolute Gasteiger partial charge is 0.254 e. The maximum Gasteiger partial charge on any atom is 0.254 e. The van der Waals surface area contributed by atoms with Gasteiger partial charge in [0.25, 0.3) is 5.91 Å². The number of likely N-dealkylation sites (N-methyl/N-ethyl adjacent to an activating group) is 1. The van der Waals surface area contributed by atoms with E-state index in [1.807, 2.05) is 25.1 Å². The fraction of sp³-hybridized carbons (Fsp3) is 0.385. The molecule has 4 nitrogen and oxygen atoms in total. The molecule has 0 saturated heterocycles. The molecule has 18 heavy (non-hydrogen) atoms. The van der Waals surface area contributed by atoms with Gasteiger partial charge in [-0.25, -0.2) is 0 Å². The molecular formula is C13H17IN2O2. The highest BCUT2D eigenvalue weighted by atomic mass is 127. The second-order valence-electron chi connectivity index (χ2n) is 3.91. The number of nitrogens with one attached hydrogen (secondary N) is 1. The van der Waals surface area contributed by atoms with Crippen molar-refractivity contribution in [2.45, 2.75) is 13.3 Å². The minimum absolute atomic E-state index is 0.0982. The van der Waals surface area contributed by atoms with Gasteiger partial charge in [-0.05, 0) is 47.2 Å².